The second-order valence-corrected chi connectivity index (χ2v) is 11.4. The summed E-state index contributed by atoms with van der Waals surface area (Å²) in [6, 6.07) is 0. The normalized spacial score (nSPS) is 15.9. The van der Waals surface area contributed by atoms with Crippen molar-refractivity contribution in [3.8, 4) is 0 Å². The summed E-state index contributed by atoms with van der Waals surface area (Å²) in [4.78, 5) is 0. The van der Waals surface area contributed by atoms with Gasteiger partial charge in [0.15, 0.2) is 0 Å². The van der Waals surface area contributed by atoms with Gasteiger partial charge in [-0.1, -0.05) is 84.0 Å². The van der Waals surface area contributed by atoms with Gasteiger partial charge in [0.25, 0.3) is 0 Å². The van der Waals surface area contributed by atoms with E-state index < -0.39 is 19.9 Å². The SMILES string of the molecule is CCCCCCCCC(CCCCCCCCC(C)(C)O[SH2+])C(F)(F)F.F[P-](F)(F)(F)(F)F. The fourth-order valence-electron chi connectivity index (χ4n) is 3.34. The second kappa shape index (κ2) is 14.6. The van der Waals surface area contributed by atoms with Crippen LogP contribution in [-0.2, 0) is 17.1 Å². The molecule has 0 aliphatic rings. The molecule has 0 radical (unpaired) electrons. The molecule has 0 aliphatic carbocycles. The van der Waals surface area contributed by atoms with Crippen molar-refractivity contribution >= 4 is 20.7 Å². The minimum atomic E-state index is -10.7. The summed E-state index contributed by atoms with van der Waals surface area (Å²) >= 11 is 3.09. The molecule has 0 heterocycles. The first-order chi connectivity index (χ1) is 14.7. The second-order valence-electron chi connectivity index (χ2n) is 9.28. The van der Waals surface area contributed by atoms with Crippen molar-refractivity contribution in [1.82, 2.24) is 0 Å². The first-order valence-electron chi connectivity index (χ1n) is 11.7. The van der Waals surface area contributed by atoms with E-state index in [-0.39, 0.29) is 5.60 Å². The maximum absolute atomic E-state index is 13.2. The zero-order valence-electron chi connectivity index (χ0n) is 19.9. The van der Waals surface area contributed by atoms with E-state index in [9.17, 15) is 38.4 Å². The summed E-state index contributed by atoms with van der Waals surface area (Å²) < 4.78 is 104. The maximum atomic E-state index is 13.2. The predicted octanol–water partition coefficient (Wildman–Crippen LogP) is 11.1. The van der Waals surface area contributed by atoms with E-state index >= 15 is 0 Å². The average Bonchev–Trinajstić information content (AvgIpc) is 2.61. The van der Waals surface area contributed by atoms with E-state index in [0.717, 1.165) is 64.2 Å². The van der Waals surface area contributed by atoms with Crippen molar-refractivity contribution in [2.24, 2.45) is 5.92 Å². The first kappa shape index (κ1) is 35.3. The Morgan fingerprint density at radius 3 is 1.33 bits per heavy atom. The Morgan fingerprint density at radius 1 is 0.667 bits per heavy atom. The molecule has 1 atom stereocenters. The summed E-state index contributed by atoms with van der Waals surface area (Å²) in [5, 5.41) is 0. The molecular weight excluding hydrogens is 502 g/mol. The fraction of sp³-hybridized carbons (Fsp3) is 1.00. The number of unbranched alkanes of at least 4 members (excludes halogenated alkanes) is 10. The Bertz CT molecular complexity index is 482. The predicted molar refractivity (Wildman–Crippen MR) is 123 cm³/mol. The van der Waals surface area contributed by atoms with Crippen molar-refractivity contribution < 1.29 is 42.5 Å². The molecule has 0 aromatic heterocycles. The Hall–Kier alpha value is 0.110. The summed E-state index contributed by atoms with van der Waals surface area (Å²) in [5.41, 5.74) is -0.145. The van der Waals surface area contributed by atoms with Gasteiger partial charge in [-0.05, 0) is 33.1 Å². The summed E-state index contributed by atoms with van der Waals surface area (Å²) in [7, 11) is -10.7. The molecule has 0 amide bonds. The molecule has 0 spiro atoms. The quantitative estimate of drug-likeness (QED) is 0.0766. The summed E-state index contributed by atoms with van der Waals surface area (Å²) in [6.07, 6.45) is 9.85. The molecule has 0 rings (SSSR count). The van der Waals surface area contributed by atoms with E-state index in [1.165, 1.54) is 12.8 Å². The van der Waals surface area contributed by atoms with Gasteiger partial charge in [0.2, 0.25) is 0 Å². The number of hydrogen-bond donors (Lipinski definition) is 0. The molecule has 0 aliphatic heterocycles. The zero-order chi connectivity index (χ0) is 26.3. The van der Waals surface area contributed by atoms with E-state index in [2.05, 4.69) is 19.8 Å². The molecular formula is C21H42F9OPS. The third-order valence-electron chi connectivity index (χ3n) is 5.23. The van der Waals surface area contributed by atoms with E-state index in [0.29, 0.717) is 19.3 Å². The van der Waals surface area contributed by atoms with Gasteiger partial charge < -0.3 is 0 Å². The van der Waals surface area contributed by atoms with Crippen LogP contribution < -0.4 is 0 Å². The number of hydrogen-bond acceptors (Lipinski definition) is 1. The van der Waals surface area contributed by atoms with E-state index in [1.807, 2.05) is 13.8 Å². The van der Waals surface area contributed by atoms with Crippen molar-refractivity contribution in [2.75, 3.05) is 0 Å². The standard InChI is InChI=1S/C21H41F3OS.F6P/c1-4-5-6-7-10-13-16-19(21(22,23)24)17-14-11-8-9-12-15-18-20(2,3)25-26;1-7(2,3,4,5)6/h19,26H,4-18H2,1-3H3;/q;-1/p+1. The van der Waals surface area contributed by atoms with Crippen molar-refractivity contribution in [2.45, 2.75) is 129 Å². The van der Waals surface area contributed by atoms with Gasteiger partial charge in [0, 0.05) is 0 Å². The van der Waals surface area contributed by atoms with Crippen LogP contribution in [0.4, 0.5) is 38.4 Å². The Kier molecular flexibility index (Phi) is 15.6. The molecule has 0 fully saturated rings. The van der Waals surface area contributed by atoms with Crippen LogP contribution in [0.25, 0.3) is 0 Å². The Labute approximate surface area is 198 Å². The van der Waals surface area contributed by atoms with Crippen LogP contribution in [0.2, 0.25) is 0 Å². The molecule has 0 aromatic rings. The third-order valence-corrected chi connectivity index (χ3v) is 5.78. The molecule has 1 nitrogen and oxygen atoms in total. The van der Waals surface area contributed by atoms with Gasteiger partial charge in [-0.15, -0.1) is 0 Å². The van der Waals surface area contributed by atoms with Crippen LogP contribution in [0.1, 0.15) is 117 Å². The molecule has 0 saturated carbocycles. The van der Waals surface area contributed by atoms with Gasteiger partial charge in [-0.3, -0.25) is 0 Å². The molecule has 0 bridgehead atoms. The molecule has 0 saturated heterocycles. The number of alkyl halides is 3. The Morgan fingerprint density at radius 2 is 1.00 bits per heavy atom. The number of halogens is 9. The van der Waals surface area contributed by atoms with Gasteiger partial charge in [0.1, 0.15) is 18.5 Å². The molecule has 0 aromatic carbocycles. The van der Waals surface area contributed by atoms with Crippen LogP contribution in [0.3, 0.4) is 0 Å². The molecule has 0 N–H and O–H groups in total. The molecule has 33 heavy (non-hydrogen) atoms. The monoisotopic (exact) mass is 544 g/mol. The van der Waals surface area contributed by atoms with Crippen LogP contribution in [0.15, 0.2) is 0 Å². The zero-order valence-corrected chi connectivity index (χ0v) is 21.8. The van der Waals surface area contributed by atoms with Crippen LogP contribution in [-0.4, -0.2) is 11.8 Å². The van der Waals surface area contributed by atoms with Crippen LogP contribution >= 0.6 is 7.81 Å². The van der Waals surface area contributed by atoms with Gasteiger partial charge in [0.05, 0.1) is 5.92 Å². The van der Waals surface area contributed by atoms with Crippen molar-refractivity contribution in [3.63, 3.8) is 0 Å². The molecule has 206 valence electrons. The van der Waals surface area contributed by atoms with Gasteiger partial charge in [-0.25, -0.2) is 0 Å². The molecule has 1 unspecified atom stereocenters. The average molecular weight is 545 g/mol. The van der Waals surface area contributed by atoms with Gasteiger partial charge >= 0.3 is 39.2 Å². The first-order valence-corrected chi connectivity index (χ1v) is 14.1. The fourth-order valence-corrected chi connectivity index (χ4v) is 3.44. The topological polar surface area (TPSA) is 9.23 Å². The van der Waals surface area contributed by atoms with E-state index in [1.54, 1.807) is 0 Å². The minimum absolute atomic E-state index is 0.145. The third kappa shape index (κ3) is 34.4. The number of rotatable bonds is 17. The van der Waals surface area contributed by atoms with E-state index in [4.69, 9.17) is 4.18 Å². The van der Waals surface area contributed by atoms with Crippen LogP contribution in [0.5, 0.6) is 0 Å². The van der Waals surface area contributed by atoms with Crippen molar-refractivity contribution in [1.29, 1.82) is 0 Å². The molecule has 12 heteroatoms. The van der Waals surface area contributed by atoms with Gasteiger partial charge in [-0.2, -0.15) is 17.4 Å². The van der Waals surface area contributed by atoms with Crippen molar-refractivity contribution in [3.05, 3.63) is 0 Å². The van der Waals surface area contributed by atoms with Crippen LogP contribution in [0, 0.1) is 5.92 Å². The Balaban J connectivity index is 0. The summed E-state index contributed by atoms with van der Waals surface area (Å²) in [6.45, 7) is 6.24. The summed E-state index contributed by atoms with van der Waals surface area (Å²) in [5.74, 6) is -1.09.